The molecule has 0 aromatic rings. The van der Waals surface area contributed by atoms with Crippen LogP contribution in [0.25, 0.3) is 0 Å². The first kappa shape index (κ1) is 7.03. The molecule has 1 fully saturated rings. The Bertz CT molecular complexity index is 91.1. The topological polar surface area (TPSA) is 6.48 Å². The van der Waals surface area contributed by atoms with E-state index in [9.17, 15) is 0 Å². The lowest BCUT2D eigenvalue weighted by Crippen LogP contribution is -2.29. The molecular formula is C7H16N2. The van der Waals surface area contributed by atoms with Crippen molar-refractivity contribution >= 4 is 0 Å². The summed E-state index contributed by atoms with van der Waals surface area (Å²) in [6.07, 6.45) is 0. The Morgan fingerprint density at radius 1 is 1.00 bits per heavy atom. The third-order valence-electron chi connectivity index (χ3n) is 2.53. The van der Waals surface area contributed by atoms with Crippen molar-refractivity contribution < 1.29 is 0 Å². The van der Waals surface area contributed by atoms with E-state index in [0.717, 1.165) is 18.8 Å². The Hall–Kier alpha value is -0.0800. The Kier molecular flexibility index (Phi) is 1.78. The predicted octanol–water partition coefficient (Wildman–Crippen LogP) is 0.598. The third kappa shape index (κ3) is 1.10. The molecule has 0 bridgehead atoms. The van der Waals surface area contributed by atoms with E-state index in [4.69, 9.17) is 0 Å². The Labute approximate surface area is 57.4 Å². The fraction of sp³-hybridized carbons (Fsp3) is 1.00. The molecule has 1 aliphatic rings. The van der Waals surface area contributed by atoms with Crippen LogP contribution in [0.1, 0.15) is 13.8 Å². The van der Waals surface area contributed by atoms with Crippen molar-refractivity contribution in [3.63, 3.8) is 0 Å². The summed E-state index contributed by atoms with van der Waals surface area (Å²) in [7, 11) is 4.34. The van der Waals surface area contributed by atoms with E-state index < -0.39 is 0 Å². The van der Waals surface area contributed by atoms with Crippen LogP contribution < -0.4 is 0 Å². The van der Waals surface area contributed by atoms with Crippen molar-refractivity contribution in [1.29, 1.82) is 0 Å². The number of nitrogens with zero attached hydrogens (tertiary/aromatic N) is 2. The van der Waals surface area contributed by atoms with Gasteiger partial charge in [0, 0.05) is 12.1 Å². The highest BCUT2D eigenvalue weighted by molar-refractivity contribution is 4.82. The average molecular weight is 128 g/mol. The minimum atomic E-state index is 0.718. The zero-order valence-corrected chi connectivity index (χ0v) is 6.76. The van der Waals surface area contributed by atoms with E-state index in [0.29, 0.717) is 0 Å². The summed E-state index contributed by atoms with van der Waals surface area (Å²) in [6.45, 7) is 5.66. The maximum absolute atomic E-state index is 2.37. The van der Waals surface area contributed by atoms with Crippen molar-refractivity contribution in [1.82, 2.24) is 9.80 Å². The molecular weight excluding hydrogens is 112 g/mol. The lowest BCUT2D eigenvalue weighted by Gasteiger charge is -2.16. The van der Waals surface area contributed by atoms with Crippen molar-refractivity contribution in [2.75, 3.05) is 20.8 Å². The molecule has 0 aromatic carbocycles. The second-order valence-electron chi connectivity index (χ2n) is 3.14. The fourth-order valence-corrected chi connectivity index (χ4v) is 1.35. The van der Waals surface area contributed by atoms with Crippen molar-refractivity contribution in [3.05, 3.63) is 0 Å². The van der Waals surface area contributed by atoms with Crippen LogP contribution in [0.4, 0.5) is 0 Å². The van der Waals surface area contributed by atoms with Gasteiger partial charge in [-0.3, -0.25) is 9.80 Å². The highest BCUT2D eigenvalue weighted by Crippen LogP contribution is 2.15. The lowest BCUT2D eigenvalue weighted by atomic mass is 10.2. The molecule has 0 spiro atoms. The largest absolute Gasteiger partial charge is 0.289 e. The molecule has 0 radical (unpaired) electrons. The van der Waals surface area contributed by atoms with Gasteiger partial charge in [0.2, 0.25) is 0 Å². The maximum Gasteiger partial charge on any atom is 0.0507 e. The van der Waals surface area contributed by atoms with E-state index in [2.05, 4.69) is 37.7 Å². The molecule has 2 nitrogen and oxygen atoms in total. The summed E-state index contributed by atoms with van der Waals surface area (Å²) in [5.74, 6) is 0. The summed E-state index contributed by atoms with van der Waals surface area (Å²) in [6, 6.07) is 1.44. The van der Waals surface area contributed by atoms with Gasteiger partial charge in [0.1, 0.15) is 0 Å². The first-order valence-corrected chi connectivity index (χ1v) is 3.53. The predicted molar refractivity (Wildman–Crippen MR) is 39.3 cm³/mol. The van der Waals surface area contributed by atoms with Crippen LogP contribution in [0.15, 0.2) is 0 Å². The highest BCUT2D eigenvalue weighted by Gasteiger charge is 2.28. The Morgan fingerprint density at radius 3 is 1.44 bits per heavy atom. The maximum atomic E-state index is 2.37. The molecule has 54 valence electrons. The van der Waals surface area contributed by atoms with Crippen molar-refractivity contribution in [3.8, 4) is 0 Å². The quantitative estimate of drug-likeness (QED) is 0.471. The van der Waals surface area contributed by atoms with Crippen LogP contribution >= 0.6 is 0 Å². The van der Waals surface area contributed by atoms with Gasteiger partial charge in [-0.2, -0.15) is 0 Å². The minimum Gasteiger partial charge on any atom is -0.289 e. The van der Waals surface area contributed by atoms with Gasteiger partial charge in [-0.1, -0.05) is 0 Å². The minimum absolute atomic E-state index is 0.718. The molecule has 2 heteroatoms. The third-order valence-corrected chi connectivity index (χ3v) is 2.53. The Morgan fingerprint density at radius 2 is 1.33 bits per heavy atom. The summed E-state index contributed by atoms with van der Waals surface area (Å²) >= 11 is 0. The van der Waals surface area contributed by atoms with Gasteiger partial charge < -0.3 is 0 Å². The number of hydrogen-bond acceptors (Lipinski definition) is 2. The molecule has 0 amide bonds. The molecule has 0 aromatic heterocycles. The molecule has 1 saturated heterocycles. The lowest BCUT2D eigenvalue weighted by molar-refractivity contribution is 0.289. The second kappa shape index (κ2) is 2.27. The zero-order valence-electron chi connectivity index (χ0n) is 6.76. The molecule has 0 aliphatic carbocycles. The summed E-state index contributed by atoms with van der Waals surface area (Å²) in [4.78, 5) is 4.73. The number of likely N-dealkylation sites (N-methyl/N-ethyl adjacent to an activating group) is 2. The van der Waals surface area contributed by atoms with E-state index >= 15 is 0 Å². The highest BCUT2D eigenvalue weighted by atomic mass is 15.4. The normalized spacial score (nSPS) is 40.0. The second-order valence-corrected chi connectivity index (χ2v) is 3.14. The van der Waals surface area contributed by atoms with Gasteiger partial charge in [-0.25, -0.2) is 0 Å². The molecule has 2 atom stereocenters. The van der Waals surface area contributed by atoms with Gasteiger partial charge in [-0.15, -0.1) is 0 Å². The van der Waals surface area contributed by atoms with Crippen molar-refractivity contribution in [2.45, 2.75) is 25.9 Å². The SMILES string of the molecule is C[C@@H]1[C@@H](C)N(C)CN1C. The number of rotatable bonds is 0. The van der Waals surface area contributed by atoms with Crippen LogP contribution in [-0.2, 0) is 0 Å². The average Bonchev–Trinajstić information content (AvgIpc) is 1.98. The molecule has 1 rings (SSSR count). The van der Waals surface area contributed by atoms with Gasteiger partial charge in [0.25, 0.3) is 0 Å². The van der Waals surface area contributed by atoms with Gasteiger partial charge >= 0.3 is 0 Å². The number of hydrogen-bond donors (Lipinski definition) is 0. The van der Waals surface area contributed by atoms with Gasteiger partial charge in [0.15, 0.2) is 0 Å². The van der Waals surface area contributed by atoms with E-state index in [1.807, 2.05) is 0 Å². The van der Waals surface area contributed by atoms with Crippen molar-refractivity contribution in [2.24, 2.45) is 0 Å². The van der Waals surface area contributed by atoms with Gasteiger partial charge in [0.05, 0.1) is 6.67 Å². The van der Waals surface area contributed by atoms with Crippen LogP contribution in [-0.4, -0.2) is 42.6 Å². The molecule has 1 aliphatic heterocycles. The zero-order chi connectivity index (χ0) is 7.02. The smallest absolute Gasteiger partial charge is 0.0507 e. The van der Waals surface area contributed by atoms with E-state index in [-0.39, 0.29) is 0 Å². The molecule has 0 N–H and O–H groups in total. The summed E-state index contributed by atoms with van der Waals surface area (Å²) in [5, 5.41) is 0. The summed E-state index contributed by atoms with van der Waals surface area (Å²) in [5.41, 5.74) is 0. The van der Waals surface area contributed by atoms with E-state index in [1.165, 1.54) is 0 Å². The van der Waals surface area contributed by atoms with Crippen LogP contribution in [0, 0.1) is 0 Å². The van der Waals surface area contributed by atoms with E-state index in [1.54, 1.807) is 0 Å². The van der Waals surface area contributed by atoms with Crippen LogP contribution in [0.5, 0.6) is 0 Å². The van der Waals surface area contributed by atoms with Gasteiger partial charge in [-0.05, 0) is 27.9 Å². The first-order chi connectivity index (χ1) is 4.13. The standard InChI is InChI=1S/C7H16N2/c1-6-7(2)9(4)5-8(6)3/h6-7H,5H2,1-4H3/t6-,7-/m1/s1. The fourth-order valence-electron chi connectivity index (χ4n) is 1.35. The van der Waals surface area contributed by atoms with Crippen LogP contribution in [0.3, 0.4) is 0 Å². The molecule has 1 heterocycles. The Balaban J connectivity index is 2.54. The first-order valence-electron chi connectivity index (χ1n) is 3.53. The summed E-state index contributed by atoms with van der Waals surface area (Å²) < 4.78 is 0. The molecule has 0 saturated carbocycles. The molecule has 0 unspecified atom stereocenters. The van der Waals surface area contributed by atoms with Crippen LogP contribution in [0.2, 0.25) is 0 Å². The molecule has 9 heavy (non-hydrogen) atoms. The monoisotopic (exact) mass is 128 g/mol.